The van der Waals surface area contributed by atoms with E-state index < -0.39 is 0 Å². The van der Waals surface area contributed by atoms with Gasteiger partial charge in [0.15, 0.2) is 0 Å². The first kappa shape index (κ1) is 12.4. The highest BCUT2D eigenvalue weighted by Crippen LogP contribution is 2.23. The molecule has 0 saturated heterocycles. The second-order valence-corrected chi connectivity index (χ2v) is 4.43. The molecule has 0 bridgehead atoms. The smallest absolute Gasteiger partial charge is 0.150 e. The first-order chi connectivity index (χ1) is 8.69. The molecule has 0 aromatic heterocycles. The summed E-state index contributed by atoms with van der Waals surface area (Å²) >= 11 is 0. The molecule has 0 saturated carbocycles. The maximum atomic E-state index is 10.6. The maximum absolute atomic E-state index is 10.6. The number of hydrogen-bond donors (Lipinski definition) is 0. The predicted molar refractivity (Wildman–Crippen MR) is 73.0 cm³/mol. The van der Waals surface area contributed by atoms with Gasteiger partial charge in [0.05, 0.1) is 6.10 Å². The highest BCUT2D eigenvalue weighted by Gasteiger charge is 2.00. The number of ether oxygens (including phenoxy) is 1. The fourth-order valence-electron chi connectivity index (χ4n) is 1.75. The Morgan fingerprint density at radius 3 is 1.83 bits per heavy atom. The van der Waals surface area contributed by atoms with Crippen molar-refractivity contribution in [3.05, 3.63) is 54.1 Å². The van der Waals surface area contributed by atoms with Gasteiger partial charge in [0.25, 0.3) is 0 Å². The van der Waals surface area contributed by atoms with Crippen LogP contribution in [0.3, 0.4) is 0 Å². The summed E-state index contributed by atoms with van der Waals surface area (Å²) in [5.41, 5.74) is 2.90. The molecule has 0 fully saturated rings. The summed E-state index contributed by atoms with van der Waals surface area (Å²) in [6, 6.07) is 15.5. The van der Waals surface area contributed by atoms with E-state index in [1.165, 1.54) is 0 Å². The van der Waals surface area contributed by atoms with Crippen molar-refractivity contribution in [2.75, 3.05) is 0 Å². The van der Waals surface area contributed by atoms with Gasteiger partial charge >= 0.3 is 0 Å². The second-order valence-electron chi connectivity index (χ2n) is 4.43. The number of aldehydes is 1. The molecule has 18 heavy (non-hydrogen) atoms. The van der Waals surface area contributed by atoms with Gasteiger partial charge in [-0.15, -0.1) is 0 Å². The van der Waals surface area contributed by atoms with Crippen molar-refractivity contribution in [3.8, 4) is 16.9 Å². The summed E-state index contributed by atoms with van der Waals surface area (Å²) < 4.78 is 5.60. The number of hydrogen-bond acceptors (Lipinski definition) is 2. The van der Waals surface area contributed by atoms with E-state index in [1.54, 1.807) is 0 Å². The first-order valence-electron chi connectivity index (χ1n) is 6.01. The standard InChI is InChI=1S/C16H16O2/c1-12(2)18-16-9-7-15(8-10-16)14-5-3-13(11-17)4-6-14/h3-12H,1-2H3. The number of carbonyl (C=O) groups is 1. The monoisotopic (exact) mass is 240 g/mol. The molecule has 0 aliphatic rings. The summed E-state index contributed by atoms with van der Waals surface area (Å²) in [4.78, 5) is 10.6. The fourth-order valence-corrected chi connectivity index (χ4v) is 1.75. The zero-order valence-corrected chi connectivity index (χ0v) is 10.6. The molecule has 2 aromatic carbocycles. The number of carbonyl (C=O) groups excluding carboxylic acids is 1. The molecule has 0 spiro atoms. The average Bonchev–Trinajstić information content (AvgIpc) is 2.39. The van der Waals surface area contributed by atoms with Crippen LogP contribution in [0.15, 0.2) is 48.5 Å². The van der Waals surface area contributed by atoms with E-state index in [0.717, 1.165) is 23.2 Å². The molecule has 2 rings (SSSR count). The SMILES string of the molecule is CC(C)Oc1ccc(-c2ccc(C=O)cc2)cc1. The van der Waals surface area contributed by atoms with Crippen LogP contribution < -0.4 is 4.74 Å². The lowest BCUT2D eigenvalue weighted by atomic mass is 10.0. The van der Waals surface area contributed by atoms with Crippen LogP contribution in [0.4, 0.5) is 0 Å². The van der Waals surface area contributed by atoms with Crippen LogP contribution in [0.5, 0.6) is 5.75 Å². The molecule has 0 amide bonds. The van der Waals surface area contributed by atoms with Crippen LogP contribution in [0.2, 0.25) is 0 Å². The fraction of sp³-hybridized carbons (Fsp3) is 0.188. The van der Waals surface area contributed by atoms with Crippen LogP contribution >= 0.6 is 0 Å². The Bertz CT molecular complexity index is 510. The molecule has 0 aliphatic carbocycles. The Morgan fingerprint density at radius 1 is 0.889 bits per heavy atom. The third-order valence-corrected chi connectivity index (χ3v) is 2.61. The minimum absolute atomic E-state index is 0.183. The van der Waals surface area contributed by atoms with Gasteiger partial charge < -0.3 is 4.74 Å². The largest absolute Gasteiger partial charge is 0.491 e. The van der Waals surface area contributed by atoms with Gasteiger partial charge in [-0.2, -0.15) is 0 Å². The Kier molecular flexibility index (Phi) is 3.78. The van der Waals surface area contributed by atoms with E-state index in [1.807, 2.05) is 62.4 Å². The molecule has 0 unspecified atom stereocenters. The van der Waals surface area contributed by atoms with Gasteiger partial charge in [-0.25, -0.2) is 0 Å². The van der Waals surface area contributed by atoms with Crippen LogP contribution in [0.1, 0.15) is 24.2 Å². The van der Waals surface area contributed by atoms with E-state index in [0.29, 0.717) is 5.56 Å². The van der Waals surface area contributed by atoms with Gasteiger partial charge in [-0.05, 0) is 37.1 Å². The van der Waals surface area contributed by atoms with Crippen molar-refractivity contribution in [2.45, 2.75) is 20.0 Å². The lowest BCUT2D eigenvalue weighted by Crippen LogP contribution is -2.05. The minimum atomic E-state index is 0.183. The predicted octanol–water partition coefficient (Wildman–Crippen LogP) is 3.95. The first-order valence-corrected chi connectivity index (χ1v) is 6.01. The van der Waals surface area contributed by atoms with E-state index in [9.17, 15) is 4.79 Å². The van der Waals surface area contributed by atoms with E-state index in [-0.39, 0.29) is 6.10 Å². The molecule has 0 heterocycles. The maximum Gasteiger partial charge on any atom is 0.150 e. The Balaban J connectivity index is 2.20. The quantitative estimate of drug-likeness (QED) is 0.756. The summed E-state index contributed by atoms with van der Waals surface area (Å²) in [7, 11) is 0. The van der Waals surface area contributed by atoms with Crippen LogP contribution in [-0.2, 0) is 0 Å². The van der Waals surface area contributed by atoms with Gasteiger partial charge in [0, 0.05) is 5.56 Å². The lowest BCUT2D eigenvalue weighted by molar-refractivity contribution is 0.112. The summed E-state index contributed by atoms with van der Waals surface area (Å²) in [5, 5.41) is 0. The van der Waals surface area contributed by atoms with Gasteiger partial charge in [-0.1, -0.05) is 36.4 Å². The highest BCUT2D eigenvalue weighted by molar-refractivity contribution is 5.76. The molecule has 0 N–H and O–H groups in total. The molecular formula is C16H16O2. The van der Waals surface area contributed by atoms with Crippen LogP contribution in [0, 0.1) is 0 Å². The summed E-state index contributed by atoms with van der Waals surface area (Å²) in [6.07, 6.45) is 1.03. The zero-order valence-electron chi connectivity index (χ0n) is 10.6. The minimum Gasteiger partial charge on any atom is -0.491 e. The van der Waals surface area contributed by atoms with Gasteiger partial charge in [0.2, 0.25) is 0 Å². The molecule has 0 aliphatic heterocycles. The van der Waals surface area contributed by atoms with E-state index >= 15 is 0 Å². The molecule has 2 aromatic rings. The molecule has 0 radical (unpaired) electrons. The third-order valence-electron chi connectivity index (χ3n) is 2.61. The number of rotatable bonds is 4. The molecule has 2 nitrogen and oxygen atoms in total. The summed E-state index contributed by atoms with van der Waals surface area (Å²) in [5.74, 6) is 0.873. The third kappa shape index (κ3) is 2.98. The Morgan fingerprint density at radius 2 is 1.39 bits per heavy atom. The highest BCUT2D eigenvalue weighted by atomic mass is 16.5. The van der Waals surface area contributed by atoms with Gasteiger partial charge in [-0.3, -0.25) is 4.79 Å². The van der Waals surface area contributed by atoms with Crippen LogP contribution in [0.25, 0.3) is 11.1 Å². The van der Waals surface area contributed by atoms with Crippen molar-refractivity contribution < 1.29 is 9.53 Å². The molecule has 2 heteroatoms. The lowest BCUT2D eigenvalue weighted by Gasteiger charge is -2.10. The zero-order chi connectivity index (χ0) is 13.0. The van der Waals surface area contributed by atoms with Crippen LogP contribution in [-0.4, -0.2) is 12.4 Å². The van der Waals surface area contributed by atoms with Crippen molar-refractivity contribution in [1.82, 2.24) is 0 Å². The summed E-state index contributed by atoms with van der Waals surface area (Å²) in [6.45, 7) is 4.01. The Hall–Kier alpha value is -2.09. The average molecular weight is 240 g/mol. The molecule has 92 valence electrons. The normalized spacial score (nSPS) is 10.4. The molecular weight excluding hydrogens is 224 g/mol. The van der Waals surface area contributed by atoms with Crippen molar-refractivity contribution >= 4 is 6.29 Å². The van der Waals surface area contributed by atoms with Crippen molar-refractivity contribution in [1.29, 1.82) is 0 Å². The van der Waals surface area contributed by atoms with Gasteiger partial charge in [0.1, 0.15) is 12.0 Å². The second kappa shape index (κ2) is 5.50. The van der Waals surface area contributed by atoms with E-state index in [2.05, 4.69) is 0 Å². The van der Waals surface area contributed by atoms with Crippen molar-refractivity contribution in [3.63, 3.8) is 0 Å². The van der Waals surface area contributed by atoms with E-state index in [4.69, 9.17) is 4.74 Å². The molecule has 0 atom stereocenters. The topological polar surface area (TPSA) is 26.3 Å². The number of benzene rings is 2. The van der Waals surface area contributed by atoms with Crippen molar-refractivity contribution in [2.24, 2.45) is 0 Å². The Labute approximate surface area is 107 Å².